The molecule has 0 bridgehead atoms. The minimum atomic E-state index is 0. The Kier molecular flexibility index (Phi) is 33.2. The van der Waals surface area contributed by atoms with E-state index < -0.39 is 0 Å². The van der Waals surface area contributed by atoms with Crippen molar-refractivity contribution in [3.8, 4) is 11.8 Å². The Balaban J connectivity index is -0.000000112. The molecule has 2 aromatic rings. The second-order valence-corrected chi connectivity index (χ2v) is 2.98. The fourth-order valence-corrected chi connectivity index (χ4v) is 1.04. The van der Waals surface area contributed by atoms with E-state index in [-0.39, 0.29) is 46.9 Å². The molecule has 0 fully saturated rings. The van der Waals surface area contributed by atoms with Gasteiger partial charge in [0, 0.05) is 0 Å². The molecule has 2 heteroatoms. The molecule has 104 valence electrons. The Morgan fingerprint density at radius 2 is 0.864 bits per heavy atom. The molecule has 0 aliphatic rings. The molecule has 0 radical (unpaired) electrons. The van der Waals surface area contributed by atoms with Crippen molar-refractivity contribution in [3.05, 3.63) is 98.5 Å². The molecular formula is C20H20AlNa. The van der Waals surface area contributed by atoms with Crippen LogP contribution in [0.5, 0.6) is 0 Å². The van der Waals surface area contributed by atoms with E-state index in [1.807, 2.05) is 60.7 Å². The third-order valence-corrected chi connectivity index (χ3v) is 1.84. The van der Waals surface area contributed by atoms with E-state index in [2.05, 4.69) is 25.7 Å². The van der Waals surface area contributed by atoms with Crippen LogP contribution >= 0.6 is 0 Å². The Labute approximate surface area is 170 Å². The van der Waals surface area contributed by atoms with E-state index in [0.29, 0.717) is 0 Å². The maximum atomic E-state index is 6.69. The van der Waals surface area contributed by atoms with E-state index in [4.69, 9.17) is 12.8 Å². The summed E-state index contributed by atoms with van der Waals surface area (Å²) in [5, 5.41) is 0. The van der Waals surface area contributed by atoms with Crippen LogP contribution in [0.1, 0.15) is 25.0 Å². The standard InChI is InChI=1S/2C8H5.2C2H5.Al.Na/c2*1-2-8-6-4-3-5-7-8;2*1-2;;/h2*3-7H;2*1H2,2H3;;/q4*-1;+3;+1. The minimum absolute atomic E-state index is 0. The van der Waals surface area contributed by atoms with Crippen molar-refractivity contribution < 1.29 is 29.6 Å². The average molecular weight is 310 g/mol. The molecule has 0 unspecified atom stereocenters. The van der Waals surface area contributed by atoms with E-state index in [1.54, 1.807) is 13.8 Å². The fourth-order valence-electron chi connectivity index (χ4n) is 1.04. The van der Waals surface area contributed by atoms with Crippen molar-refractivity contribution in [3.63, 3.8) is 0 Å². The number of rotatable bonds is 0. The van der Waals surface area contributed by atoms with Crippen molar-refractivity contribution in [1.82, 2.24) is 0 Å². The quantitative estimate of drug-likeness (QED) is 0.393. The topological polar surface area (TPSA) is 0 Å². The van der Waals surface area contributed by atoms with Crippen LogP contribution in [-0.2, 0) is 0 Å². The largest absolute Gasteiger partial charge is 3.00 e. The van der Waals surface area contributed by atoms with Gasteiger partial charge >= 0.3 is 46.9 Å². The molecule has 0 N–H and O–H groups in total. The summed E-state index contributed by atoms with van der Waals surface area (Å²) in [6.07, 6.45) is 13.4. The van der Waals surface area contributed by atoms with Crippen LogP contribution in [0.4, 0.5) is 0 Å². The maximum absolute atomic E-state index is 6.69. The summed E-state index contributed by atoms with van der Waals surface area (Å²) < 4.78 is 0. The molecule has 0 nitrogen and oxygen atoms in total. The van der Waals surface area contributed by atoms with Crippen LogP contribution < -0.4 is 29.6 Å². The fraction of sp³-hybridized carbons (Fsp3) is 0.100. The molecule has 0 aromatic heterocycles. The van der Waals surface area contributed by atoms with Gasteiger partial charge in [0.2, 0.25) is 0 Å². The molecule has 0 aliphatic heterocycles. The molecule has 0 saturated carbocycles. The van der Waals surface area contributed by atoms with Crippen LogP contribution in [-0.4, -0.2) is 17.4 Å². The van der Waals surface area contributed by atoms with E-state index in [1.165, 1.54) is 0 Å². The molecule has 0 heterocycles. The van der Waals surface area contributed by atoms with E-state index in [9.17, 15) is 0 Å². The maximum Gasteiger partial charge on any atom is 3.00 e. The van der Waals surface area contributed by atoms with Gasteiger partial charge in [0.15, 0.2) is 0 Å². The number of hydrogen-bond acceptors (Lipinski definition) is 0. The summed E-state index contributed by atoms with van der Waals surface area (Å²) in [7, 11) is 0. The van der Waals surface area contributed by atoms with Gasteiger partial charge in [-0.15, -0.1) is 35.4 Å². The van der Waals surface area contributed by atoms with Gasteiger partial charge in [0.1, 0.15) is 0 Å². The van der Waals surface area contributed by atoms with Gasteiger partial charge in [0.05, 0.1) is 0 Å². The normalized spacial score (nSPS) is 6.27. The SMILES string of the molecule is [Al+3].[C-]#Cc1ccccc1.[C-]#Cc1ccccc1.[CH2-]C.[CH2-]C.[Na+]. The Bertz CT molecular complexity index is 443. The molecule has 2 rings (SSSR count). The summed E-state index contributed by atoms with van der Waals surface area (Å²) >= 11 is 0. The predicted molar refractivity (Wildman–Crippen MR) is 93.2 cm³/mol. The Morgan fingerprint density at radius 3 is 1.00 bits per heavy atom. The van der Waals surface area contributed by atoms with Crippen LogP contribution in [0.25, 0.3) is 0 Å². The van der Waals surface area contributed by atoms with Crippen molar-refractivity contribution in [2.24, 2.45) is 0 Å². The van der Waals surface area contributed by atoms with Crippen molar-refractivity contribution >= 4 is 17.4 Å². The predicted octanol–water partition coefficient (Wildman–Crippen LogP) is 1.55. The van der Waals surface area contributed by atoms with Gasteiger partial charge in [-0.1, -0.05) is 36.4 Å². The summed E-state index contributed by atoms with van der Waals surface area (Å²) in [5.41, 5.74) is 1.65. The molecule has 0 aliphatic carbocycles. The van der Waals surface area contributed by atoms with Gasteiger partial charge in [-0.3, -0.25) is 11.8 Å². The number of hydrogen-bond donors (Lipinski definition) is 0. The molecule has 22 heavy (non-hydrogen) atoms. The first-order valence-electron chi connectivity index (χ1n) is 6.24. The van der Waals surface area contributed by atoms with Gasteiger partial charge < -0.3 is 26.7 Å². The van der Waals surface area contributed by atoms with E-state index in [0.717, 1.165) is 11.1 Å². The molecule has 0 amide bonds. The van der Waals surface area contributed by atoms with Crippen molar-refractivity contribution in [2.75, 3.05) is 0 Å². The molecule has 2 aromatic carbocycles. The van der Waals surface area contributed by atoms with Crippen LogP contribution in [0.3, 0.4) is 0 Å². The molecule has 0 saturated heterocycles. The Morgan fingerprint density at radius 1 is 0.636 bits per heavy atom. The van der Waals surface area contributed by atoms with Crippen molar-refractivity contribution in [2.45, 2.75) is 13.8 Å². The third kappa shape index (κ3) is 17.1. The number of benzene rings is 2. The van der Waals surface area contributed by atoms with Crippen LogP contribution in [0, 0.1) is 38.5 Å². The zero-order valence-corrected chi connectivity index (χ0v) is 16.9. The molecular weight excluding hydrogens is 290 g/mol. The summed E-state index contributed by atoms with van der Waals surface area (Å²) in [4.78, 5) is 0. The summed E-state index contributed by atoms with van der Waals surface area (Å²) in [6.45, 7) is 10.0. The first kappa shape index (κ1) is 29.1. The van der Waals surface area contributed by atoms with Gasteiger partial charge in [-0.05, 0) is 0 Å². The Hall–Kier alpha value is -0.908. The molecule has 0 spiro atoms. The summed E-state index contributed by atoms with van der Waals surface area (Å²) in [6, 6.07) is 18.7. The second kappa shape index (κ2) is 25.1. The molecule has 0 atom stereocenters. The third-order valence-electron chi connectivity index (χ3n) is 1.84. The first-order chi connectivity index (χ1) is 9.86. The smallest absolute Gasteiger partial charge is 0.366 e. The minimum Gasteiger partial charge on any atom is -0.366 e. The monoisotopic (exact) mass is 310 g/mol. The van der Waals surface area contributed by atoms with Gasteiger partial charge in [-0.25, -0.2) is 0 Å². The zero-order valence-electron chi connectivity index (χ0n) is 13.8. The second-order valence-electron chi connectivity index (χ2n) is 2.98. The van der Waals surface area contributed by atoms with Crippen LogP contribution in [0.15, 0.2) is 60.7 Å². The van der Waals surface area contributed by atoms with Crippen molar-refractivity contribution in [1.29, 1.82) is 0 Å². The average Bonchev–Trinajstić information content (AvgIpc) is 2.60. The first-order valence-corrected chi connectivity index (χ1v) is 6.24. The van der Waals surface area contributed by atoms with Gasteiger partial charge in [-0.2, -0.15) is 13.8 Å². The van der Waals surface area contributed by atoms with Crippen LogP contribution in [0.2, 0.25) is 0 Å². The summed E-state index contributed by atoms with van der Waals surface area (Å²) in [5.74, 6) is 4.55. The van der Waals surface area contributed by atoms with Gasteiger partial charge in [0.25, 0.3) is 0 Å². The van der Waals surface area contributed by atoms with E-state index >= 15 is 0 Å². The zero-order chi connectivity index (χ0) is 15.6.